The minimum absolute atomic E-state index is 0.0293. The first-order valence-electron chi connectivity index (χ1n) is 8.57. The number of sulfonamides is 1. The van der Waals surface area contributed by atoms with Gasteiger partial charge in [0.2, 0.25) is 0 Å². The number of carbonyl (C=O) groups is 1. The Bertz CT molecular complexity index is 988. The SMILES string of the molecule is Cc1ccc(NS(=O)(=O)c2ccc(Cl)c(C(=O)NC(C)C3CC3)c2)cc1Cl. The van der Waals surface area contributed by atoms with Crippen molar-refractivity contribution in [3.8, 4) is 0 Å². The van der Waals surface area contributed by atoms with Crippen LogP contribution in [0.25, 0.3) is 0 Å². The van der Waals surface area contributed by atoms with Gasteiger partial charge in [0.15, 0.2) is 0 Å². The molecule has 27 heavy (non-hydrogen) atoms. The molecule has 1 atom stereocenters. The van der Waals surface area contributed by atoms with Gasteiger partial charge in [0, 0.05) is 11.1 Å². The van der Waals surface area contributed by atoms with E-state index in [1.165, 1.54) is 24.3 Å². The van der Waals surface area contributed by atoms with Gasteiger partial charge in [0.05, 0.1) is 21.2 Å². The summed E-state index contributed by atoms with van der Waals surface area (Å²) in [5, 5.41) is 3.55. The molecule has 2 N–H and O–H groups in total. The summed E-state index contributed by atoms with van der Waals surface area (Å²) in [5.74, 6) is 0.0995. The molecular formula is C19H20Cl2N2O3S. The normalized spacial score (nSPS) is 15.3. The fourth-order valence-electron chi connectivity index (χ4n) is 2.71. The molecule has 5 nitrogen and oxygen atoms in total. The maximum Gasteiger partial charge on any atom is 0.261 e. The minimum atomic E-state index is -3.90. The van der Waals surface area contributed by atoms with Gasteiger partial charge in [-0.25, -0.2) is 8.42 Å². The van der Waals surface area contributed by atoms with Crippen molar-refractivity contribution >= 4 is 44.8 Å². The molecule has 1 saturated carbocycles. The Morgan fingerprint density at radius 2 is 1.81 bits per heavy atom. The van der Waals surface area contributed by atoms with E-state index < -0.39 is 10.0 Å². The van der Waals surface area contributed by atoms with Gasteiger partial charge in [-0.05, 0) is 68.5 Å². The molecule has 1 unspecified atom stereocenters. The summed E-state index contributed by atoms with van der Waals surface area (Å²) in [5.41, 5.74) is 1.32. The average Bonchev–Trinajstić information content (AvgIpc) is 3.43. The monoisotopic (exact) mass is 426 g/mol. The first-order valence-corrected chi connectivity index (χ1v) is 10.8. The molecule has 0 aliphatic heterocycles. The number of carbonyl (C=O) groups excluding carboxylic acids is 1. The number of benzene rings is 2. The molecule has 0 heterocycles. The van der Waals surface area contributed by atoms with Crippen molar-refractivity contribution < 1.29 is 13.2 Å². The van der Waals surface area contributed by atoms with Crippen molar-refractivity contribution in [1.82, 2.24) is 5.32 Å². The van der Waals surface area contributed by atoms with Crippen LogP contribution in [0.1, 0.15) is 35.7 Å². The van der Waals surface area contributed by atoms with Crippen LogP contribution in [-0.4, -0.2) is 20.4 Å². The second kappa shape index (κ2) is 7.70. The Morgan fingerprint density at radius 1 is 1.11 bits per heavy atom. The molecule has 8 heteroatoms. The van der Waals surface area contributed by atoms with Crippen LogP contribution in [0.4, 0.5) is 5.69 Å². The lowest BCUT2D eigenvalue weighted by Gasteiger charge is -2.15. The molecule has 0 bridgehead atoms. The van der Waals surface area contributed by atoms with Crippen molar-refractivity contribution in [1.29, 1.82) is 0 Å². The first kappa shape index (κ1) is 20.0. The molecule has 1 amide bonds. The fourth-order valence-corrected chi connectivity index (χ4v) is 4.17. The summed E-state index contributed by atoms with van der Waals surface area (Å²) < 4.78 is 27.9. The van der Waals surface area contributed by atoms with Crippen LogP contribution in [0.15, 0.2) is 41.3 Å². The first-order chi connectivity index (χ1) is 12.7. The van der Waals surface area contributed by atoms with Gasteiger partial charge < -0.3 is 5.32 Å². The standard InChI is InChI=1S/C19H20Cl2N2O3S/c1-11-3-6-14(9-18(11)21)23-27(25,26)15-7-8-17(20)16(10-15)19(24)22-12(2)13-4-5-13/h3,6-10,12-13,23H,4-5H2,1-2H3,(H,22,24). The zero-order chi connectivity index (χ0) is 19.8. The van der Waals surface area contributed by atoms with E-state index in [4.69, 9.17) is 23.2 Å². The third-order valence-electron chi connectivity index (χ3n) is 4.60. The molecule has 144 valence electrons. The smallest absolute Gasteiger partial charge is 0.261 e. The van der Waals surface area contributed by atoms with E-state index in [-0.39, 0.29) is 27.4 Å². The number of aryl methyl sites for hydroxylation is 1. The van der Waals surface area contributed by atoms with Gasteiger partial charge >= 0.3 is 0 Å². The van der Waals surface area contributed by atoms with E-state index in [0.29, 0.717) is 16.6 Å². The Hall–Kier alpha value is -1.76. The lowest BCUT2D eigenvalue weighted by Crippen LogP contribution is -2.34. The molecule has 0 radical (unpaired) electrons. The van der Waals surface area contributed by atoms with Gasteiger partial charge in [-0.15, -0.1) is 0 Å². The van der Waals surface area contributed by atoms with Crippen molar-refractivity contribution in [2.24, 2.45) is 5.92 Å². The highest BCUT2D eigenvalue weighted by atomic mass is 35.5. The van der Waals surface area contributed by atoms with Gasteiger partial charge in [0.1, 0.15) is 0 Å². The largest absolute Gasteiger partial charge is 0.349 e. The number of halogens is 2. The predicted octanol–water partition coefficient (Wildman–Crippen LogP) is 4.63. The number of amides is 1. The van der Waals surface area contributed by atoms with E-state index in [2.05, 4.69) is 10.0 Å². The topological polar surface area (TPSA) is 75.3 Å². The summed E-state index contributed by atoms with van der Waals surface area (Å²) in [6, 6.07) is 8.97. The number of nitrogens with one attached hydrogen (secondary N) is 2. The predicted molar refractivity (Wildman–Crippen MR) is 108 cm³/mol. The second-order valence-corrected chi connectivity index (χ2v) is 9.31. The summed E-state index contributed by atoms with van der Waals surface area (Å²) in [7, 11) is -3.90. The van der Waals surface area contributed by atoms with Gasteiger partial charge in [-0.3, -0.25) is 9.52 Å². The second-order valence-electron chi connectivity index (χ2n) is 6.81. The molecule has 2 aromatic carbocycles. The third kappa shape index (κ3) is 4.75. The fraction of sp³-hybridized carbons (Fsp3) is 0.316. The highest BCUT2D eigenvalue weighted by molar-refractivity contribution is 7.92. The molecule has 3 rings (SSSR count). The molecule has 0 aromatic heterocycles. The lowest BCUT2D eigenvalue weighted by molar-refractivity contribution is 0.0936. The molecule has 0 saturated heterocycles. The van der Waals surface area contributed by atoms with Crippen LogP contribution >= 0.6 is 23.2 Å². The van der Waals surface area contributed by atoms with E-state index in [9.17, 15) is 13.2 Å². The quantitative estimate of drug-likeness (QED) is 0.706. The maximum absolute atomic E-state index is 12.7. The highest BCUT2D eigenvalue weighted by Gasteiger charge is 2.29. The molecule has 2 aromatic rings. The molecule has 1 aliphatic rings. The molecular weight excluding hydrogens is 407 g/mol. The highest BCUT2D eigenvalue weighted by Crippen LogP contribution is 2.32. The Labute approximate surface area is 169 Å². The average molecular weight is 427 g/mol. The van der Waals surface area contributed by atoms with Crippen LogP contribution < -0.4 is 10.0 Å². The molecule has 0 spiro atoms. The Balaban J connectivity index is 1.84. The third-order valence-corrected chi connectivity index (χ3v) is 6.72. The Kier molecular flexibility index (Phi) is 5.70. The number of hydrogen-bond donors (Lipinski definition) is 2. The van der Waals surface area contributed by atoms with E-state index in [1.807, 2.05) is 13.8 Å². The summed E-state index contributed by atoms with van der Waals surface area (Å²) in [6.07, 6.45) is 2.18. The maximum atomic E-state index is 12.7. The van der Waals surface area contributed by atoms with Gasteiger partial charge in [-0.2, -0.15) is 0 Å². The van der Waals surface area contributed by atoms with Crippen LogP contribution in [0, 0.1) is 12.8 Å². The minimum Gasteiger partial charge on any atom is -0.349 e. The summed E-state index contributed by atoms with van der Waals surface area (Å²) >= 11 is 12.2. The van der Waals surface area contributed by atoms with Crippen molar-refractivity contribution in [3.63, 3.8) is 0 Å². The summed E-state index contributed by atoms with van der Waals surface area (Å²) in [6.45, 7) is 3.76. The van der Waals surface area contributed by atoms with Gasteiger partial charge in [0.25, 0.3) is 15.9 Å². The lowest BCUT2D eigenvalue weighted by atomic mass is 10.1. The van der Waals surface area contributed by atoms with Crippen molar-refractivity contribution in [3.05, 3.63) is 57.6 Å². The summed E-state index contributed by atoms with van der Waals surface area (Å²) in [4.78, 5) is 12.5. The van der Waals surface area contributed by atoms with E-state index >= 15 is 0 Å². The number of anilines is 1. The van der Waals surface area contributed by atoms with Crippen LogP contribution in [0.5, 0.6) is 0 Å². The van der Waals surface area contributed by atoms with E-state index in [1.54, 1.807) is 12.1 Å². The molecule has 1 fully saturated rings. The Morgan fingerprint density at radius 3 is 2.44 bits per heavy atom. The van der Waals surface area contributed by atoms with Crippen molar-refractivity contribution in [2.45, 2.75) is 37.6 Å². The van der Waals surface area contributed by atoms with Crippen LogP contribution in [0.3, 0.4) is 0 Å². The van der Waals surface area contributed by atoms with Crippen LogP contribution in [-0.2, 0) is 10.0 Å². The van der Waals surface area contributed by atoms with Crippen molar-refractivity contribution in [2.75, 3.05) is 4.72 Å². The number of rotatable bonds is 6. The van der Waals surface area contributed by atoms with E-state index in [0.717, 1.165) is 18.4 Å². The zero-order valence-electron chi connectivity index (χ0n) is 14.9. The number of hydrogen-bond acceptors (Lipinski definition) is 3. The zero-order valence-corrected chi connectivity index (χ0v) is 17.3. The molecule has 1 aliphatic carbocycles. The van der Waals surface area contributed by atoms with Crippen LogP contribution in [0.2, 0.25) is 10.0 Å². The van der Waals surface area contributed by atoms with Gasteiger partial charge in [-0.1, -0.05) is 29.3 Å².